The number of nitro benzene ring substituents is 1. The minimum absolute atomic E-state index is 0.123. The number of H-pyrrole nitrogens is 1. The highest BCUT2D eigenvalue weighted by Crippen LogP contribution is 2.16. The molecule has 2 rings (SSSR count). The highest BCUT2D eigenvalue weighted by atomic mass is 16.6. The number of aromatic amines is 1. The second kappa shape index (κ2) is 5.17. The highest BCUT2D eigenvalue weighted by Gasteiger charge is 2.11. The topological polar surface area (TPSA) is 96.7 Å². The van der Waals surface area contributed by atoms with Crippen molar-refractivity contribution >= 4 is 5.69 Å². The monoisotopic (exact) mass is 233 g/mol. The molecule has 2 N–H and O–H groups in total. The number of nitrogens with one attached hydrogen (secondary N) is 2. The van der Waals surface area contributed by atoms with Crippen LogP contribution < -0.4 is 5.32 Å². The molecule has 1 aromatic heterocycles. The Morgan fingerprint density at radius 3 is 2.88 bits per heavy atom. The molecule has 88 valence electrons. The largest absolute Gasteiger partial charge is 0.305 e. The molecule has 0 atom stereocenters. The molecule has 0 fully saturated rings. The van der Waals surface area contributed by atoms with Crippen LogP contribution in [0.15, 0.2) is 30.6 Å². The van der Waals surface area contributed by atoms with Crippen LogP contribution in [0.4, 0.5) is 5.69 Å². The van der Waals surface area contributed by atoms with Crippen molar-refractivity contribution in [1.29, 1.82) is 0 Å². The van der Waals surface area contributed by atoms with Gasteiger partial charge in [-0.1, -0.05) is 18.2 Å². The van der Waals surface area contributed by atoms with Crippen LogP contribution in [-0.2, 0) is 13.1 Å². The van der Waals surface area contributed by atoms with E-state index in [4.69, 9.17) is 0 Å². The van der Waals surface area contributed by atoms with Crippen LogP contribution in [0.3, 0.4) is 0 Å². The number of para-hydroxylation sites is 1. The quantitative estimate of drug-likeness (QED) is 0.593. The number of nitro groups is 1. The van der Waals surface area contributed by atoms with Gasteiger partial charge >= 0.3 is 0 Å². The Morgan fingerprint density at radius 2 is 2.18 bits per heavy atom. The molecule has 0 saturated carbocycles. The van der Waals surface area contributed by atoms with Crippen molar-refractivity contribution in [2.45, 2.75) is 13.1 Å². The zero-order valence-corrected chi connectivity index (χ0v) is 8.96. The molecule has 1 aromatic carbocycles. The molecule has 0 aliphatic rings. The molecule has 0 unspecified atom stereocenters. The number of benzene rings is 1. The molecule has 0 amide bonds. The molecule has 1 heterocycles. The summed E-state index contributed by atoms with van der Waals surface area (Å²) in [6.45, 7) is 0.907. The van der Waals surface area contributed by atoms with Gasteiger partial charge in [0.05, 0.1) is 11.5 Å². The van der Waals surface area contributed by atoms with E-state index in [1.807, 2.05) is 0 Å². The fraction of sp³-hybridized carbons (Fsp3) is 0.200. The van der Waals surface area contributed by atoms with Crippen LogP contribution >= 0.6 is 0 Å². The first-order valence-electron chi connectivity index (χ1n) is 5.04. The smallest absolute Gasteiger partial charge is 0.273 e. The summed E-state index contributed by atoms with van der Waals surface area (Å²) in [4.78, 5) is 14.3. The van der Waals surface area contributed by atoms with Gasteiger partial charge in [-0.3, -0.25) is 15.2 Å². The van der Waals surface area contributed by atoms with Gasteiger partial charge in [-0.2, -0.15) is 5.10 Å². The van der Waals surface area contributed by atoms with Gasteiger partial charge < -0.3 is 5.32 Å². The van der Waals surface area contributed by atoms with E-state index >= 15 is 0 Å². The van der Waals surface area contributed by atoms with Crippen molar-refractivity contribution in [3.05, 3.63) is 52.1 Å². The van der Waals surface area contributed by atoms with E-state index in [2.05, 4.69) is 20.5 Å². The van der Waals surface area contributed by atoms with Gasteiger partial charge in [-0.05, 0) is 0 Å². The lowest BCUT2D eigenvalue weighted by atomic mass is 10.2. The van der Waals surface area contributed by atoms with Gasteiger partial charge in [0, 0.05) is 18.2 Å². The summed E-state index contributed by atoms with van der Waals surface area (Å²) < 4.78 is 0. The second-order valence-corrected chi connectivity index (χ2v) is 3.42. The van der Waals surface area contributed by atoms with Gasteiger partial charge in [-0.15, -0.1) is 0 Å². The maximum Gasteiger partial charge on any atom is 0.273 e. The summed E-state index contributed by atoms with van der Waals surface area (Å²) in [7, 11) is 0. The number of hydrogen-bond donors (Lipinski definition) is 2. The number of nitrogens with zero attached hydrogens (tertiary/aromatic N) is 3. The molecule has 0 spiro atoms. The van der Waals surface area contributed by atoms with Crippen molar-refractivity contribution in [3.8, 4) is 0 Å². The van der Waals surface area contributed by atoms with E-state index in [1.54, 1.807) is 18.2 Å². The lowest BCUT2D eigenvalue weighted by Gasteiger charge is -2.03. The molecule has 0 radical (unpaired) electrons. The molecular formula is C10H11N5O2. The molecule has 2 aromatic rings. The van der Waals surface area contributed by atoms with Crippen molar-refractivity contribution < 1.29 is 4.92 Å². The summed E-state index contributed by atoms with van der Waals surface area (Å²) in [6, 6.07) is 6.65. The van der Waals surface area contributed by atoms with Crippen LogP contribution in [0.5, 0.6) is 0 Å². The van der Waals surface area contributed by atoms with Crippen molar-refractivity contribution in [1.82, 2.24) is 20.5 Å². The fourth-order valence-electron chi connectivity index (χ4n) is 1.47. The summed E-state index contributed by atoms with van der Waals surface area (Å²) >= 11 is 0. The van der Waals surface area contributed by atoms with Gasteiger partial charge in [0.2, 0.25) is 0 Å². The summed E-state index contributed by atoms with van der Waals surface area (Å²) in [5.74, 6) is 0.698. The predicted octanol–water partition coefficient (Wildman–Crippen LogP) is 1.00. The standard InChI is InChI=1S/C10H11N5O2/c16-15(17)9-4-2-1-3-8(9)5-11-6-10-12-7-13-14-10/h1-4,7,11H,5-6H2,(H,12,13,14). The van der Waals surface area contributed by atoms with Crippen molar-refractivity contribution in [2.75, 3.05) is 0 Å². The first kappa shape index (κ1) is 11.2. The van der Waals surface area contributed by atoms with Crippen molar-refractivity contribution in [3.63, 3.8) is 0 Å². The van der Waals surface area contributed by atoms with Crippen LogP contribution in [0.25, 0.3) is 0 Å². The first-order valence-corrected chi connectivity index (χ1v) is 5.04. The summed E-state index contributed by atoms with van der Waals surface area (Å²) in [5.41, 5.74) is 0.773. The first-order chi connectivity index (χ1) is 8.27. The van der Waals surface area contributed by atoms with E-state index < -0.39 is 0 Å². The number of rotatable bonds is 5. The second-order valence-electron chi connectivity index (χ2n) is 3.42. The lowest BCUT2D eigenvalue weighted by molar-refractivity contribution is -0.385. The average Bonchev–Trinajstić information content (AvgIpc) is 2.82. The lowest BCUT2D eigenvalue weighted by Crippen LogP contribution is -2.14. The van der Waals surface area contributed by atoms with Gasteiger partial charge in [0.15, 0.2) is 0 Å². The molecule has 7 nitrogen and oxygen atoms in total. The molecular weight excluding hydrogens is 222 g/mol. The molecule has 0 saturated heterocycles. The van der Waals surface area contributed by atoms with E-state index in [9.17, 15) is 10.1 Å². The normalized spacial score (nSPS) is 10.4. The Bertz CT molecular complexity index is 497. The summed E-state index contributed by atoms with van der Waals surface area (Å²) in [6.07, 6.45) is 1.42. The van der Waals surface area contributed by atoms with Crippen LogP contribution in [0.2, 0.25) is 0 Å². The maximum absolute atomic E-state index is 10.8. The Labute approximate surface area is 97.0 Å². The molecule has 0 aliphatic heterocycles. The Kier molecular flexibility index (Phi) is 3.41. The molecule has 7 heteroatoms. The van der Waals surface area contributed by atoms with Crippen LogP contribution in [0.1, 0.15) is 11.4 Å². The minimum atomic E-state index is -0.383. The van der Waals surface area contributed by atoms with Gasteiger partial charge in [0.1, 0.15) is 12.2 Å². The number of hydrogen-bond acceptors (Lipinski definition) is 5. The highest BCUT2D eigenvalue weighted by molar-refractivity contribution is 5.39. The van der Waals surface area contributed by atoms with E-state index in [0.29, 0.717) is 24.5 Å². The third kappa shape index (κ3) is 2.85. The zero-order valence-electron chi connectivity index (χ0n) is 8.96. The average molecular weight is 233 g/mol. The van der Waals surface area contributed by atoms with E-state index in [0.717, 1.165) is 0 Å². The molecule has 0 aliphatic carbocycles. The summed E-state index contributed by atoms with van der Waals surface area (Å²) in [5, 5.41) is 20.2. The Morgan fingerprint density at radius 1 is 1.35 bits per heavy atom. The van der Waals surface area contributed by atoms with Crippen molar-refractivity contribution in [2.24, 2.45) is 0 Å². The molecule has 0 bridgehead atoms. The molecule has 17 heavy (non-hydrogen) atoms. The van der Waals surface area contributed by atoms with Gasteiger partial charge in [-0.25, -0.2) is 4.98 Å². The maximum atomic E-state index is 10.8. The minimum Gasteiger partial charge on any atom is -0.305 e. The fourth-order valence-corrected chi connectivity index (χ4v) is 1.47. The number of aromatic nitrogens is 3. The zero-order chi connectivity index (χ0) is 12.1. The van der Waals surface area contributed by atoms with Gasteiger partial charge in [0.25, 0.3) is 5.69 Å². The Hall–Kier alpha value is -2.28. The Balaban J connectivity index is 1.97. The van der Waals surface area contributed by atoms with Crippen LogP contribution in [-0.4, -0.2) is 20.1 Å². The predicted molar refractivity (Wildman–Crippen MR) is 60.0 cm³/mol. The van der Waals surface area contributed by atoms with E-state index in [1.165, 1.54) is 12.4 Å². The SMILES string of the molecule is O=[N+]([O-])c1ccccc1CNCc1ncn[nH]1. The van der Waals surface area contributed by atoms with E-state index in [-0.39, 0.29) is 10.6 Å². The third-order valence-corrected chi connectivity index (χ3v) is 2.26. The third-order valence-electron chi connectivity index (χ3n) is 2.26. The van der Waals surface area contributed by atoms with Crippen LogP contribution in [0, 0.1) is 10.1 Å².